The minimum absolute atomic E-state index is 0. The Kier molecular flexibility index (Phi) is 4.82. The van der Waals surface area contributed by atoms with Gasteiger partial charge in [-0.15, -0.1) is 17.5 Å². The maximum absolute atomic E-state index is 10.7. The quantitative estimate of drug-likeness (QED) is 0.745. The molecule has 0 atom stereocenters. The lowest BCUT2D eigenvalue weighted by Crippen LogP contribution is -2.17. The van der Waals surface area contributed by atoms with Crippen molar-refractivity contribution in [1.82, 2.24) is 15.2 Å². The highest BCUT2D eigenvalue weighted by Crippen LogP contribution is 2.41. The van der Waals surface area contributed by atoms with Crippen LogP contribution in [0.15, 0.2) is 12.1 Å². The SMILES string of the molecule is CC(C)(C)c1cc(-c2nc(N)n[nH]2)cc(C(C)(C)C)c1O.Cl. The van der Waals surface area contributed by atoms with Crippen LogP contribution in [0.4, 0.5) is 5.95 Å². The number of halogens is 1. The van der Waals surface area contributed by atoms with E-state index in [9.17, 15) is 5.11 Å². The number of phenolic OH excluding ortho intramolecular Hbond substituents is 1. The minimum Gasteiger partial charge on any atom is -0.507 e. The number of hydrogen-bond donors (Lipinski definition) is 3. The van der Waals surface area contributed by atoms with E-state index in [0.717, 1.165) is 16.7 Å². The second-order valence-electron chi connectivity index (χ2n) is 7.46. The van der Waals surface area contributed by atoms with Crippen molar-refractivity contribution >= 4 is 18.4 Å². The van der Waals surface area contributed by atoms with Gasteiger partial charge in [0.2, 0.25) is 5.95 Å². The Morgan fingerprint density at radius 3 is 1.77 bits per heavy atom. The van der Waals surface area contributed by atoms with Crippen molar-refractivity contribution in [2.75, 3.05) is 5.73 Å². The number of hydrogen-bond acceptors (Lipinski definition) is 4. The summed E-state index contributed by atoms with van der Waals surface area (Å²) in [6, 6.07) is 3.90. The van der Waals surface area contributed by atoms with E-state index in [-0.39, 0.29) is 29.2 Å². The smallest absolute Gasteiger partial charge is 0.239 e. The van der Waals surface area contributed by atoms with E-state index >= 15 is 0 Å². The third kappa shape index (κ3) is 3.53. The number of nitrogens with two attached hydrogens (primary N) is 1. The maximum atomic E-state index is 10.7. The number of aromatic nitrogens is 3. The maximum Gasteiger partial charge on any atom is 0.239 e. The Hall–Kier alpha value is -1.75. The zero-order valence-electron chi connectivity index (χ0n) is 14.0. The summed E-state index contributed by atoms with van der Waals surface area (Å²) < 4.78 is 0. The molecule has 0 aliphatic rings. The number of nitrogen functional groups attached to an aromatic ring is 1. The van der Waals surface area contributed by atoms with Crippen LogP contribution in [0.1, 0.15) is 52.7 Å². The van der Waals surface area contributed by atoms with Gasteiger partial charge in [-0.05, 0) is 23.0 Å². The molecule has 0 unspecified atom stereocenters. The van der Waals surface area contributed by atoms with Crippen LogP contribution in [0.5, 0.6) is 5.75 Å². The van der Waals surface area contributed by atoms with Crippen LogP contribution >= 0.6 is 12.4 Å². The van der Waals surface area contributed by atoms with Crippen LogP contribution in [0.3, 0.4) is 0 Å². The molecule has 1 heterocycles. The van der Waals surface area contributed by atoms with E-state index in [0.29, 0.717) is 11.6 Å². The zero-order chi connectivity index (χ0) is 16.0. The molecule has 0 amide bonds. The molecule has 6 heteroatoms. The molecule has 1 aromatic heterocycles. The fourth-order valence-electron chi connectivity index (χ4n) is 2.32. The average Bonchev–Trinajstić information content (AvgIpc) is 2.73. The Balaban J connectivity index is 0.00000242. The number of H-pyrrole nitrogens is 1. The number of benzene rings is 1. The van der Waals surface area contributed by atoms with Crippen LogP contribution in [0.2, 0.25) is 0 Å². The molecule has 22 heavy (non-hydrogen) atoms. The molecule has 2 rings (SSSR count). The summed E-state index contributed by atoms with van der Waals surface area (Å²) in [5.41, 5.74) is 7.90. The summed E-state index contributed by atoms with van der Waals surface area (Å²) in [5.74, 6) is 1.18. The highest BCUT2D eigenvalue weighted by molar-refractivity contribution is 5.85. The van der Waals surface area contributed by atoms with Gasteiger partial charge in [-0.2, -0.15) is 4.98 Å². The van der Waals surface area contributed by atoms with Gasteiger partial charge in [0.05, 0.1) is 0 Å². The molecule has 0 spiro atoms. The first-order chi connectivity index (χ1) is 9.50. The molecule has 2 aromatic rings. The van der Waals surface area contributed by atoms with Crippen molar-refractivity contribution in [3.8, 4) is 17.1 Å². The summed E-state index contributed by atoms with van der Waals surface area (Å²) >= 11 is 0. The predicted molar refractivity (Wildman–Crippen MR) is 92.5 cm³/mol. The first-order valence-electron chi connectivity index (χ1n) is 7.06. The Morgan fingerprint density at radius 1 is 1.00 bits per heavy atom. The van der Waals surface area contributed by atoms with Crippen LogP contribution in [-0.4, -0.2) is 20.3 Å². The molecule has 0 aliphatic heterocycles. The highest BCUT2D eigenvalue weighted by atomic mass is 35.5. The van der Waals surface area contributed by atoms with Crippen LogP contribution in [-0.2, 0) is 10.8 Å². The molecular weight excluding hydrogens is 300 g/mol. The molecule has 0 saturated heterocycles. The number of rotatable bonds is 1. The summed E-state index contributed by atoms with van der Waals surface area (Å²) in [5, 5.41) is 17.4. The van der Waals surface area contributed by atoms with E-state index < -0.39 is 0 Å². The fraction of sp³-hybridized carbons (Fsp3) is 0.500. The van der Waals surface area contributed by atoms with Crippen molar-refractivity contribution < 1.29 is 5.11 Å². The number of aromatic amines is 1. The molecule has 0 saturated carbocycles. The largest absolute Gasteiger partial charge is 0.507 e. The van der Waals surface area contributed by atoms with Crippen molar-refractivity contribution in [2.24, 2.45) is 0 Å². The van der Waals surface area contributed by atoms with Crippen LogP contribution < -0.4 is 5.73 Å². The highest BCUT2D eigenvalue weighted by Gasteiger charge is 2.27. The summed E-state index contributed by atoms with van der Waals surface area (Å²) in [4.78, 5) is 4.19. The number of nitrogens with zero attached hydrogens (tertiary/aromatic N) is 2. The monoisotopic (exact) mass is 324 g/mol. The molecular formula is C16H25ClN4O. The van der Waals surface area contributed by atoms with Gasteiger partial charge in [0.25, 0.3) is 0 Å². The second-order valence-corrected chi connectivity index (χ2v) is 7.46. The van der Waals surface area contributed by atoms with Crippen molar-refractivity contribution in [1.29, 1.82) is 0 Å². The lowest BCUT2D eigenvalue weighted by molar-refractivity contribution is 0.423. The molecule has 4 N–H and O–H groups in total. The third-order valence-corrected chi connectivity index (χ3v) is 3.50. The van der Waals surface area contributed by atoms with E-state index in [1.807, 2.05) is 12.1 Å². The average molecular weight is 325 g/mol. The standard InChI is InChI=1S/C16H24N4O.ClH/c1-15(2,3)10-7-9(13-18-14(17)20-19-13)8-11(12(10)21)16(4,5)6;/h7-8,21H,1-6H3,(H3,17,18,19,20);1H. The third-order valence-electron chi connectivity index (χ3n) is 3.50. The Morgan fingerprint density at radius 2 is 1.45 bits per heavy atom. The van der Waals surface area contributed by atoms with E-state index in [1.165, 1.54) is 0 Å². The number of anilines is 1. The lowest BCUT2D eigenvalue weighted by atomic mass is 9.78. The van der Waals surface area contributed by atoms with Gasteiger partial charge in [-0.3, -0.25) is 5.10 Å². The van der Waals surface area contributed by atoms with E-state index in [1.54, 1.807) is 0 Å². The predicted octanol–water partition coefficient (Wildman–Crippen LogP) is 3.78. The lowest BCUT2D eigenvalue weighted by Gasteiger charge is -2.27. The second kappa shape index (κ2) is 5.80. The van der Waals surface area contributed by atoms with Gasteiger partial charge in [-0.25, -0.2) is 0 Å². The molecule has 122 valence electrons. The molecule has 0 aliphatic carbocycles. The Bertz CT molecular complexity index is 631. The van der Waals surface area contributed by atoms with Gasteiger partial charge in [0.1, 0.15) is 5.75 Å². The number of nitrogens with one attached hydrogen (secondary N) is 1. The normalized spacial score (nSPS) is 12.1. The molecule has 5 nitrogen and oxygen atoms in total. The summed E-state index contributed by atoms with van der Waals surface area (Å²) in [6.45, 7) is 12.5. The van der Waals surface area contributed by atoms with Crippen molar-refractivity contribution in [2.45, 2.75) is 52.4 Å². The van der Waals surface area contributed by atoms with Gasteiger partial charge in [-0.1, -0.05) is 41.5 Å². The van der Waals surface area contributed by atoms with Gasteiger partial charge in [0.15, 0.2) is 5.82 Å². The summed E-state index contributed by atoms with van der Waals surface area (Å²) in [6.07, 6.45) is 0. The fourth-order valence-corrected chi connectivity index (χ4v) is 2.32. The van der Waals surface area contributed by atoms with Crippen LogP contribution in [0, 0.1) is 0 Å². The van der Waals surface area contributed by atoms with Gasteiger partial charge < -0.3 is 10.8 Å². The molecule has 0 bridgehead atoms. The first kappa shape index (κ1) is 18.3. The molecule has 1 aromatic carbocycles. The first-order valence-corrected chi connectivity index (χ1v) is 7.06. The number of aromatic hydroxyl groups is 1. The minimum atomic E-state index is -0.175. The summed E-state index contributed by atoms with van der Waals surface area (Å²) in [7, 11) is 0. The zero-order valence-corrected chi connectivity index (χ0v) is 14.8. The van der Waals surface area contributed by atoms with E-state index in [2.05, 4.69) is 56.7 Å². The topological polar surface area (TPSA) is 87.8 Å². The van der Waals surface area contributed by atoms with Crippen molar-refractivity contribution in [3.05, 3.63) is 23.3 Å². The van der Waals surface area contributed by atoms with Crippen molar-refractivity contribution in [3.63, 3.8) is 0 Å². The molecule has 0 fully saturated rings. The van der Waals surface area contributed by atoms with E-state index in [4.69, 9.17) is 5.73 Å². The van der Waals surface area contributed by atoms with Gasteiger partial charge >= 0.3 is 0 Å². The Labute approximate surface area is 137 Å². The molecule has 0 radical (unpaired) electrons. The van der Waals surface area contributed by atoms with Crippen LogP contribution in [0.25, 0.3) is 11.4 Å². The number of phenols is 1. The van der Waals surface area contributed by atoms with Gasteiger partial charge in [0, 0.05) is 16.7 Å².